The Hall–Kier alpha value is -5.15. The predicted molar refractivity (Wildman–Crippen MR) is 179 cm³/mol. The van der Waals surface area contributed by atoms with Crippen LogP contribution in [-0.4, -0.2) is 80.3 Å². The minimum atomic E-state index is 0.0243. The molecule has 2 bridgehead atoms. The number of carbonyl (C=O) groups is 2. The normalized spacial score (nSPS) is 19.0. The Balaban J connectivity index is 1.06. The van der Waals surface area contributed by atoms with Crippen molar-refractivity contribution in [2.45, 2.75) is 31.3 Å². The highest BCUT2D eigenvalue weighted by molar-refractivity contribution is 5.95. The zero-order chi connectivity index (χ0) is 31.6. The Morgan fingerprint density at radius 2 is 1.78 bits per heavy atom. The van der Waals surface area contributed by atoms with Crippen molar-refractivity contribution in [2.24, 2.45) is 5.92 Å². The zero-order valence-electron chi connectivity index (χ0n) is 26.1. The summed E-state index contributed by atoms with van der Waals surface area (Å²) in [5.74, 6) is 1.06. The molecule has 3 aromatic heterocycles. The molecule has 1 amide bonds. The molecule has 2 aromatic carbocycles. The molecule has 2 fully saturated rings. The van der Waals surface area contributed by atoms with Crippen LogP contribution in [0.5, 0.6) is 0 Å². The smallest absolute Gasteiger partial charge is 0.254 e. The molecule has 7 rings (SSSR count). The molecule has 1 aliphatic heterocycles. The standard InChI is InChI=1S/C37H37N7O2/c1-42(2)19-8-11-29(45)21-25-13-15-28(16-14-25)36(46)43-24-26-22-31(33(43)23-26)40-37-38-18-17-30(39-37)34-32-12-6-7-20-44(32)41-35(34)27-9-4-3-5-10-27/h3-18,20,26,31,33H,19,21-24H2,1-2H3,(H,38,39,40)/b11-8+. The van der Waals surface area contributed by atoms with E-state index in [1.54, 1.807) is 12.3 Å². The number of ketones is 1. The molecule has 4 heterocycles. The van der Waals surface area contributed by atoms with Crippen molar-refractivity contribution >= 4 is 23.2 Å². The second-order valence-corrected chi connectivity index (χ2v) is 12.5. The number of nitrogens with one attached hydrogen (secondary N) is 1. The van der Waals surface area contributed by atoms with Crippen LogP contribution in [0, 0.1) is 5.92 Å². The highest BCUT2D eigenvalue weighted by atomic mass is 16.2. The average Bonchev–Trinajstić information content (AvgIpc) is 3.78. The fraction of sp³-hybridized carbons (Fsp3) is 0.270. The molecular formula is C37H37N7O2. The molecule has 0 radical (unpaired) electrons. The number of benzene rings is 2. The number of fused-ring (bicyclic) bond motifs is 3. The summed E-state index contributed by atoms with van der Waals surface area (Å²) in [6.45, 7) is 1.48. The van der Waals surface area contributed by atoms with Crippen molar-refractivity contribution in [3.8, 4) is 22.5 Å². The van der Waals surface area contributed by atoms with E-state index in [1.807, 2.05) is 101 Å². The molecule has 0 spiro atoms. The summed E-state index contributed by atoms with van der Waals surface area (Å²) in [6, 6.07) is 25.7. The van der Waals surface area contributed by atoms with Gasteiger partial charge in [0.1, 0.15) is 5.69 Å². The third kappa shape index (κ3) is 6.06. The molecule has 1 aliphatic carbocycles. The quantitative estimate of drug-likeness (QED) is 0.211. The fourth-order valence-electron chi connectivity index (χ4n) is 6.78. The number of nitrogens with zero attached hydrogens (tertiary/aromatic N) is 6. The minimum absolute atomic E-state index is 0.0243. The molecule has 1 saturated carbocycles. The Labute approximate surface area is 268 Å². The van der Waals surface area contributed by atoms with Crippen molar-refractivity contribution in [3.63, 3.8) is 0 Å². The van der Waals surface area contributed by atoms with Gasteiger partial charge < -0.3 is 15.1 Å². The van der Waals surface area contributed by atoms with Crippen LogP contribution in [-0.2, 0) is 11.2 Å². The first-order chi connectivity index (χ1) is 22.4. The lowest BCUT2D eigenvalue weighted by Gasteiger charge is -2.34. The van der Waals surface area contributed by atoms with Gasteiger partial charge in [0.05, 0.1) is 22.8 Å². The van der Waals surface area contributed by atoms with Crippen molar-refractivity contribution in [1.29, 1.82) is 0 Å². The summed E-state index contributed by atoms with van der Waals surface area (Å²) in [4.78, 5) is 39.5. The van der Waals surface area contributed by atoms with Gasteiger partial charge in [-0.3, -0.25) is 9.59 Å². The summed E-state index contributed by atoms with van der Waals surface area (Å²) < 4.78 is 1.89. The summed E-state index contributed by atoms with van der Waals surface area (Å²) in [5, 5.41) is 8.47. The van der Waals surface area contributed by atoms with Gasteiger partial charge in [-0.15, -0.1) is 0 Å². The zero-order valence-corrected chi connectivity index (χ0v) is 26.1. The molecule has 3 atom stereocenters. The molecular weight excluding hydrogens is 574 g/mol. The number of allylic oxidation sites excluding steroid dienone is 1. The summed E-state index contributed by atoms with van der Waals surface area (Å²) >= 11 is 0. The number of likely N-dealkylation sites (tertiary alicyclic amines) is 1. The number of amides is 1. The molecule has 9 nitrogen and oxygen atoms in total. The van der Waals surface area contributed by atoms with Crippen LogP contribution in [0.3, 0.4) is 0 Å². The van der Waals surface area contributed by atoms with E-state index in [9.17, 15) is 9.59 Å². The molecule has 9 heteroatoms. The maximum atomic E-state index is 13.7. The van der Waals surface area contributed by atoms with Gasteiger partial charge in [0.2, 0.25) is 5.95 Å². The highest BCUT2D eigenvalue weighted by Gasteiger charge is 2.47. The average molecular weight is 612 g/mol. The molecule has 3 unspecified atom stereocenters. The second kappa shape index (κ2) is 12.7. The third-order valence-corrected chi connectivity index (χ3v) is 8.91. The first kappa shape index (κ1) is 29.6. The number of hydrogen-bond donors (Lipinski definition) is 1. The van der Waals surface area contributed by atoms with Gasteiger partial charge in [0, 0.05) is 49.1 Å². The Bertz CT molecular complexity index is 1900. The van der Waals surface area contributed by atoms with E-state index in [-0.39, 0.29) is 23.8 Å². The Kier molecular flexibility index (Phi) is 8.15. The maximum absolute atomic E-state index is 13.7. The minimum Gasteiger partial charge on any atom is -0.349 e. The number of pyridine rings is 1. The van der Waals surface area contributed by atoms with Gasteiger partial charge in [-0.2, -0.15) is 5.10 Å². The van der Waals surface area contributed by atoms with E-state index in [1.165, 1.54) is 0 Å². The van der Waals surface area contributed by atoms with E-state index in [0.717, 1.165) is 59.5 Å². The van der Waals surface area contributed by atoms with Crippen molar-refractivity contribution in [1.82, 2.24) is 29.4 Å². The summed E-state index contributed by atoms with van der Waals surface area (Å²) in [5.41, 5.74) is 6.15. The number of carbonyl (C=O) groups excluding carboxylic acids is 2. The van der Waals surface area contributed by atoms with E-state index in [2.05, 4.69) is 28.5 Å². The van der Waals surface area contributed by atoms with Crippen molar-refractivity contribution in [3.05, 3.63) is 115 Å². The Morgan fingerprint density at radius 1 is 0.978 bits per heavy atom. The Morgan fingerprint density at radius 3 is 2.57 bits per heavy atom. The van der Waals surface area contributed by atoms with E-state index in [0.29, 0.717) is 23.9 Å². The van der Waals surface area contributed by atoms with Crippen molar-refractivity contribution < 1.29 is 9.59 Å². The first-order valence-electron chi connectivity index (χ1n) is 15.8. The SMILES string of the molecule is CN(C)C/C=C/C(=O)Cc1ccc(C(=O)N2CC3CC(Nc4nccc(-c5c(-c6ccccc6)nn6ccccc56)n4)C2C3)cc1. The van der Waals surface area contributed by atoms with Crippen LogP contribution < -0.4 is 5.32 Å². The number of hydrogen-bond acceptors (Lipinski definition) is 7. The first-order valence-corrected chi connectivity index (χ1v) is 15.8. The lowest BCUT2D eigenvalue weighted by molar-refractivity contribution is -0.114. The largest absolute Gasteiger partial charge is 0.349 e. The van der Waals surface area contributed by atoms with E-state index >= 15 is 0 Å². The fourth-order valence-corrected chi connectivity index (χ4v) is 6.78. The van der Waals surface area contributed by atoms with Crippen molar-refractivity contribution in [2.75, 3.05) is 32.5 Å². The summed E-state index contributed by atoms with van der Waals surface area (Å²) in [6.07, 6.45) is 9.48. The van der Waals surface area contributed by atoms with Gasteiger partial charge in [-0.05, 0) is 74.8 Å². The van der Waals surface area contributed by atoms with E-state index in [4.69, 9.17) is 10.1 Å². The van der Waals surface area contributed by atoms with Gasteiger partial charge in [0.15, 0.2) is 5.78 Å². The number of piperidine rings is 1. The number of rotatable bonds is 10. The predicted octanol–water partition coefficient (Wildman–Crippen LogP) is 5.40. The second-order valence-electron chi connectivity index (χ2n) is 12.5. The van der Waals surface area contributed by atoms with Crippen LogP contribution in [0.4, 0.5) is 5.95 Å². The lowest BCUT2D eigenvalue weighted by Crippen LogP contribution is -2.47. The van der Waals surface area contributed by atoms with Gasteiger partial charge in [-0.25, -0.2) is 14.5 Å². The highest BCUT2D eigenvalue weighted by Crippen LogP contribution is 2.40. The van der Waals surface area contributed by atoms with Gasteiger partial charge in [0.25, 0.3) is 5.91 Å². The van der Waals surface area contributed by atoms with Crippen LogP contribution in [0.15, 0.2) is 103 Å². The molecule has 232 valence electrons. The van der Waals surface area contributed by atoms with Gasteiger partial charge >= 0.3 is 0 Å². The van der Waals surface area contributed by atoms with Crippen LogP contribution in [0.2, 0.25) is 0 Å². The van der Waals surface area contributed by atoms with Crippen LogP contribution in [0.1, 0.15) is 28.8 Å². The van der Waals surface area contributed by atoms with Gasteiger partial charge in [-0.1, -0.05) is 54.6 Å². The molecule has 2 aliphatic rings. The third-order valence-electron chi connectivity index (χ3n) is 8.91. The number of likely N-dealkylation sites (N-methyl/N-ethyl adjacent to an activating group) is 1. The van der Waals surface area contributed by atoms with E-state index < -0.39 is 0 Å². The lowest BCUT2D eigenvalue weighted by atomic mass is 10.0. The molecule has 46 heavy (non-hydrogen) atoms. The topological polar surface area (TPSA) is 95.7 Å². The van der Waals surface area contributed by atoms with Crippen LogP contribution in [0.25, 0.3) is 28.0 Å². The molecule has 5 aromatic rings. The molecule has 1 saturated heterocycles. The summed E-state index contributed by atoms with van der Waals surface area (Å²) in [7, 11) is 3.93. The monoisotopic (exact) mass is 611 g/mol. The molecule has 1 N–H and O–H groups in total. The number of anilines is 1. The number of aromatic nitrogens is 4. The maximum Gasteiger partial charge on any atom is 0.254 e. The van der Waals surface area contributed by atoms with Crippen LogP contribution >= 0.6 is 0 Å².